The first kappa shape index (κ1) is 10.6. The average molecular weight is 200 g/mol. The van der Waals surface area contributed by atoms with E-state index in [1.54, 1.807) is 0 Å². The van der Waals surface area contributed by atoms with Crippen molar-refractivity contribution >= 4 is 10.9 Å². The van der Waals surface area contributed by atoms with E-state index in [9.17, 15) is 0 Å². The maximum atomic E-state index is 4.67. The minimum absolute atomic E-state index is 0.0909. The van der Waals surface area contributed by atoms with Crippen LogP contribution >= 0.6 is 10.9 Å². The number of aromatic nitrogens is 2. The zero-order valence-corrected chi connectivity index (χ0v) is 10.3. The summed E-state index contributed by atoms with van der Waals surface area (Å²) in [5.41, 5.74) is 1.36. The molecule has 0 aliphatic heterocycles. The van der Waals surface area contributed by atoms with Crippen molar-refractivity contribution in [1.29, 1.82) is 0 Å². The Kier molecular flexibility index (Phi) is 2.76. The van der Waals surface area contributed by atoms with Gasteiger partial charge in [0.2, 0.25) is 0 Å². The predicted octanol–water partition coefficient (Wildman–Crippen LogP) is 2.34. The van der Waals surface area contributed by atoms with E-state index in [0.717, 1.165) is 0 Å². The van der Waals surface area contributed by atoms with E-state index in [4.69, 9.17) is 0 Å². The fourth-order valence-corrected chi connectivity index (χ4v) is 2.23. The Morgan fingerprint density at radius 1 is 1.31 bits per heavy atom. The molecule has 76 valence electrons. The third-order valence-electron chi connectivity index (χ3n) is 2.02. The molecule has 0 spiro atoms. The second-order valence-electron chi connectivity index (χ2n) is 4.68. The Labute approximate surface area is 83.7 Å². The van der Waals surface area contributed by atoms with Gasteiger partial charge >= 0.3 is 0 Å². The topological polar surface area (TPSA) is 17.8 Å². The van der Waals surface area contributed by atoms with Crippen molar-refractivity contribution in [3.63, 3.8) is 0 Å². The fourth-order valence-electron chi connectivity index (χ4n) is 1.23. The summed E-state index contributed by atoms with van der Waals surface area (Å²) in [5, 5.41) is 1.24. The molecule has 0 fully saturated rings. The molecule has 0 aliphatic carbocycles. The summed E-state index contributed by atoms with van der Waals surface area (Å²) in [7, 11) is 1.99. The fraction of sp³-hybridized carbons (Fsp3) is 0.700. The van der Waals surface area contributed by atoms with E-state index in [-0.39, 0.29) is 16.3 Å². The zero-order chi connectivity index (χ0) is 10.2. The van der Waals surface area contributed by atoms with Crippen LogP contribution in [0.15, 0.2) is 11.4 Å². The van der Waals surface area contributed by atoms with Crippen LogP contribution in [0.5, 0.6) is 0 Å². The van der Waals surface area contributed by atoms with E-state index in [1.807, 2.05) is 0 Å². The molecular weight excluding hydrogens is 180 g/mol. The largest absolute Gasteiger partial charge is 0.330 e. The molecule has 0 radical (unpaired) electrons. The van der Waals surface area contributed by atoms with E-state index in [2.05, 4.69) is 56.1 Å². The van der Waals surface area contributed by atoms with Gasteiger partial charge in [-0.2, -0.15) is 0 Å². The standard InChI is InChI=1S/C10H20N2S/c1-10(2,3)8-7-12(4)9(11-8)13(5)6/h7,13H,1-6H3. The molecule has 13 heavy (non-hydrogen) atoms. The number of aryl methyl sites for hydroxylation is 1. The van der Waals surface area contributed by atoms with Crippen molar-refractivity contribution in [2.75, 3.05) is 12.5 Å². The number of hydrogen-bond acceptors (Lipinski definition) is 1. The summed E-state index contributed by atoms with van der Waals surface area (Å²) in [6, 6.07) is 0. The zero-order valence-electron chi connectivity index (χ0n) is 9.42. The lowest BCUT2D eigenvalue weighted by molar-refractivity contribution is 0.569. The van der Waals surface area contributed by atoms with Gasteiger partial charge in [-0.3, -0.25) is 0 Å². The normalized spacial score (nSPS) is 13.2. The highest BCUT2D eigenvalue weighted by Crippen LogP contribution is 2.30. The van der Waals surface area contributed by atoms with Gasteiger partial charge in [0.05, 0.1) is 5.69 Å². The minimum atomic E-state index is -0.0909. The molecule has 0 saturated heterocycles. The highest BCUT2D eigenvalue weighted by molar-refractivity contribution is 8.15. The summed E-state index contributed by atoms with van der Waals surface area (Å²) >= 11 is 0. The summed E-state index contributed by atoms with van der Waals surface area (Å²) in [6.07, 6.45) is 6.63. The molecule has 0 atom stereocenters. The molecule has 0 unspecified atom stereocenters. The van der Waals surface area contributed by atoms with Crippen LogP contribution in [0, 0.1) is 0 Å². The van der Waals surface area contributed by atoms with Crippen LogP contribution in [0.1, 0.15) is 26.5 Å². The van der Waals surface area contributed by atoms with Gasteiger partial charge < -0.3 is 4.57 Å². The molecule has 1 heterocycles. The quantitative estimate of drug-likeness (QED) is 0.689. The molecule has 1 rings (SSSR count). The Morgan fingerprint density at radius 3 is 2.08 bits per heavy atom. The summed E-state index contributed by atoms with van der Waals surface area (Å²) in [4.78, 5) is 4.67. The third kappa shape index (κ3) is 2.27. The maximum absolute atomic E-state index is 4.67. The van der Waals surface area contributed by atoms with Crippen LogP contribution in [0.2, 0.25) is 0 Å². The molecule has 0 aromatic carbocycles. The average Bonchev–Trinajstić information content (AvgIpc) is 2.29. The molecule has 1 aromatic heterocycles. The molecule has 3 heteroatoms. The van der Waals surface area contributed by atoms with Crippen LogP contribution in [0.25, 0.3) is 0 Å². The van der Waals surface area contributed by atoms with Crippen LogP contribution < -0.4 is 0 Å². The Morgan fingerprint density at radius 2 is 1.85 bits per heavy atom. The number of thiol groups is 1. The van der Waals surface area contributed by atoms with Gasteiger partial charge in [-0.15, -0.1) is 0 Å². The molecule has 0 N–H and O–H groups in total. The summed E-state index contributed by atoms with van der Waals surface area (Å²) in [5.74, 6) is 0. The second kappa shape index (κ2) is 3.37. The van der Waals surface area contributed by atoms with Crippen molar-refractivity contribution in [2.45, 2.75) is 31.3 Å². The van der Waals surface area contributed by atoms with Gasteiger partial charge in [-0.25, -0.2) is 15.9 Å². The highest BCUT2D eigenvalue weighted by Gasteiger charge is 2.18. The van der Waals surface area contributed by atoms with Gasteiger partial charge in [-0.1, -0.05) is 20.8 Å². The third-order valence-corrected chi connectivity index (χ3v) is 3.24. The van der Waals surface area contributed by atoms with Crippen molar-refractivity contribution in [1.82, 2.24) is 9.55 Å². The Hall–Kier alpha value is -0.440. The van der Waals surface area contributed by atoms with E-state index < -0.39 is 0 Å². The molecule has 0 amide bonds. The minimum Gasteiger partial charge on any atom is -0.330 e. The number of rotatable bonds is 1. The van der Waals surface area contributed by atoms with Crippen LogP contribution in [0.3, 0.4) is 0 Å². The molecule has 1 aromatic rings. The first-order valence-electron chi connectivity index (χ1n) is 4.53. The highest BCUT2D eigenvalue weighted by atomic mass is 32.2. The Bertz CT molecular complexity index is 294. The lowest BCUT2D eigenvalue weighted by Gasteiger charge is -2.14. The van der Waals surface area contributed by atoms with Crippen molar-refractivity contribution in [2.24, 2.45) is 7.05 Å². The van der Waals surface area contributed by atoms with Crippen molar-refractivity contribution in [3.8, 4) is 0 Å². The van der Waals surface area contributed by atoms with Crippen LogP contribution in [0.4, 0.5) is 0 Å². The number of nitrogens with zero attached hydrogens (tertiary/aromatic N) is 2. The first-order chi connectivity index (χ1) is 5.82. The summed E-state index contributed by atoms with van der Waals surface area (Å²) < 4.78 is 2.16. The second-order valence-corrected chi connectivity index (χ2v) is 6.87. The van der Waals surface area contributed by atoms with E-state index in [1.165, 1.54) is 10.9 Å². The smallest absolute Gasteiger partial charge is 0.147 e. The molecule has 0 bridgehead atoms. The monoisotopic (exact) mass is 200 g/mol. The Balaban J connectivity index is 3.10. The maximum Gasteiger partial charge on any atom is 0.147 e. The predicted molar refractivity (Wildman–Crippen MR) is 61.0 cm³/mol. The molecule has 0 aliphatic rings. The van der Waals surface area contributed by atoms with Crippen molar-refractivity contribution < 1.29 is 0 Å². The van der Waals surface area contributed by atoms with Crippen LogP contribution in [-0.2, 0) is 12.5 Å². The van der Waals surface area contributed by atoms with Crippen molar-refractivity contribution in [3.05, 3.63) is 11.9 Å². The van der Waals surface area contributed by atoms with E-state index in [0.29, 0.717) is 0 Å². The van der Waals surface area contributed by atoms with E-state index >= 15 is 0 Å². The molecule has 2 nitrogen and oxygen atoms in total. The van der Waals surface area contributed by atoms with Crippen LogP contribution in [-0.4, -0.2) is 22.1 Å². The lowest BCUT2D eigenvalue weighted by Crippen LogP contribution is -2.11. The molecular formula is C10H20N2S. The van der Waals surface area contributed by atoms with Gasteiger partial charge in [-0.05, 0) is 12.5 Å². The van der Waals surface area contributed by atoms with Gasteiger partial charge in [0.15, 0.2) is 0 Å². The van der Waals surface area contributed by atoms with Gasteiger partial charge in [0, 0.05) is 18.7 Å². The summed E-state index contributed by atoms with van der Waals surface area (Å²) in [6.45, 7) is 6.60. The van der Waals surface area contributed by atoms with Gasteiger partial charge in [0.1, 0.15) is 5.16 Å². The first-order valence-corrected chi connectivity index (χ1v) is 6.77. The molecule has 0 saturated carbocycles. The number of imidazole rings is 1. The van der Waals surface area contributed by atoms with Gasteiger partial charge in [0.25, 0.3) is 0 Å². The SMILES string of the molecule is Cn1cc(C(C)(C)C)nc1[SH](C)C. The lowest BCUT2D eigenvalue weighted by atomic mass is 9.93. The number of hydrogen-bond donors (Lipinski definition) is 1.